The summed E-state index contributed by atoms with van der Waals surface area (Å²) in [4.78, 5) is 10.4. The van der Waals surface area contributed by atoms with Gasteiger partial charge < -0.3 is 14.6 Å². The van der Waals surface area contributed by atoms with Gasteiger partial charge in [0.1, 0.15) is 18.1 Å². The first-order chi connectivity index (χ1) is 6.76. The van der Waals surface area contributed by atoms with E-state index in [0.29, 0.717) is 6.42 Å². The normalized spacial score (nSPS) is 12.4. The number of methoxy groups -OCH3 is 1. The Labute approximate surface area is 83.3 Å². The highest BCUT2D eigenvalue weighted by atomic mass is 16.5. The number of aldehydes is 1. The maximum absolute atomic E-state index is 10.4. The van der Waals surface area contributed by atoms with Crippen molar-refractivity contribution in [2.75, 3.05) is 7.11 Å². The van der Waals surface area contributed by atoms with Crippen molar-refractivity contribution in [1.29, 1.82) is 0 Å². The van der Waals surface area contributed by atoms with E-state index >= 15 is 0 Å². The van der Waals surface area contributed by atoms with Crippen LogP contribution in [0, 0.1) is 0 Å². The third kappa shape index (κ3) is 3.18. The molecule has 1 unspecified atom stereocenters. The largest absolute Gasteiger partial charge is 0.508 e. The zero-order valence-corrected chi connectivity index (χ0v) is 8.14. The number of ether oxygens (including phenoxy) is 1. The third-order valence-corrected chi connectivity index (χ3v) is 2.08. The van der Waals surface area contributed by atoms with E-state index in [-0.39, 0.29) is 11.9 Å². The van der Waals surface area contributed by atoms with Gasteiger partial charge in [-0.2, -0.15) is 0 Å². The number of aryl methyl sites for hydroxylation is 1. The number of carbonyl (C=O) groups excluding carboxylic acids is 1. The van der Waals surface area contributed by atoms with Crippen LogP contribution >= 0.6 is 0 Å². The van der Waals surface area contributed by atoms with Crippen LogP contribution in [0.3, 0.4) is 0 Å². The van der Waals surface area contributed by atoms with E-state index in [9.17, 15) is 9.90 Å². The quantitative estimate of drug-likeness (QED) is 0.723. The molecule has 0 bridgehead atoms. The second-order valence-corrected chi connectivity index (χ2v) is 3.12. The standard InChI is InChI=1S/C11H14O3/c1-14-11(8-12)6-5-9-3-2-4-10(13)7-9/h2-4,7-8,11,13H,5-6H2,1H3. The van der Waals surface area contributed by atoms with Gasteiger partial charge in [0, 0.05) is 7.11 Å². The van der Waals surface area contributed by atoms with E-state index in [1.54, 1.807) is 18.2 Å². The molecule has 0 amide bonds. The maximum Gasteiger partial charge on any atom is 0.148 e. The van der Waals surface area contributed by atoms with Crippen molar-refractivity contribution < 1.29 is 14.6 Å². The second kappa shape index (κ2) is 5.40. The van der Waals surface area contributed by atoms with E-state index in [1.807, 2.05) is 6.07 Å². The second-order valence-electron chi connectivity index (χ2n) is 3.12. The Morgan fingerprint density at radius 2 is 2.36 bits per heavy atom. The summed E-state index contributed by atoms with van der Waals surface area (Å²) in [6, 6.07) is 7.01. The molecule has 3 heteroatoms. The maximum atomic E-state index is 10.4. The van der Waals surface area contributed by atoms with Crippen LogP contribution in [0.15, 0.2) is 24.3 Å². The number of hydrogen-bond acceptors (Lipinski definition) is 3. The fourth-order valence-electron chi connectivity index (χ4n) is 1.26. The molecule has 3 nitrogen and oxygen atoms in total. The van der Waals surface area contributed by atoms with Gasteiger partial charge in [-0.05, 0) is 30.5 Å². The minimum Gasteiger partial charge on any atom is -0.508 e. The molecule has 0 aliphatic carbocycles. The molecule has 0 aliphatic rings. The Morgan fingerprint density at radius 3 is 2.93 bits per heavy atom. The average Bonchev–Trinajstić information content (AvgIpc) is 2.19. The number of aromatic hydroxyl groups is 1. The molecule has 76 valence electrons. The van der Waals surface area contributed by atoms with Crippen LogP contribution < -0.4 is 0 Å². The smallest absolute Gasteiger partial charge is 0.148 e. The zero-order chi connectivity index (χ0) is 10.4. The third-order valence-electron chi connectivity index (χ3n) is 2.08. The molecule has 0 fully saturated rings. The van der Waals surface area contributed by atoms with E-state index in [2.05, 4.69) is 0 Å². The molecule has 1 N–H and O–H groups in total. The van der Waals surface area contributed by atoms with Crippen LogP contribution in [-0.2, 0) is 16.0 Å². The molecule has 0 spiro atoms. The molecule has 1 atom stereocenters. The van der Waals surface area contributed by atoms with Gasteiger partial charge in [-0.25, -0.2) is 0 Å². The molecule has 1 aromatic carbocycles. The highest BCUT2D eigenvalue weighted by Crippen LogP contribution is 2.13. The summed E-state index contributed by atoms with van der Waals surface area (Å²) >= 11 is 0. The van der Waals surface area contributed by atoms with Gasteiger partial charge in [0.05, 0.1) is 0 Å². The predicted molar refractivity (Wildman–Crippen MR) is 53.3 cm³/mol. The molecular formula is C11H14O3. The van der Waals surface area contributed by atoms with Crippen molar-refractivity contribution >= 4 is 6.29 Å². The summed E-state index contributed by atoms with van der Waals surface area (Å²) in [5, 5.41) is 9.19. The van der Waals surface area contributed by atoms with Gasteiger partial charge >= 0.3 is 0 Å². The molecule has 0 aromatic heterocycles. The molecule has 14 heavy (non-hydrogen) atoms. The Hall–Kier alpha value is -1.35. The van der Waals surface area contributed by atoms with Crippen molar-refractivity contribution in [1.82, 2.24) is 0 Å². The highest BCUT2D eigenvalue weighted by Gasteiger charge is 2.05. The van der Waals surface area contributed by atoms with E-state index in [0.717, 1.165) is 18.3 Å². The highest BCUT2D eigenvalue weighted by molar-refractivity contribution is 5.55. The molecule has 0 saturated carbocycles. The molecule has 0 aliphatic heterocycles. The first-order valence-corrected chi connectivity index (χ1v) is 4.52. The van der Waals surface area contributed by atoms with Gasteiger partial charge in [0.15, 0.2) is 0 Å². The zero-order valence-electron chi connectivity index (χ0n) is 8.14. The van der Waals surface area contributed by atoms with Gasteiger partial charge in [0.2, 0.25) is 0 Å². The number of phenolic OH excluding ortho intramolecular Hbond substituents is 1. The van der Waals surface area contributed by atoms with Crippen molar-refractivity contribution in [2.45, 2.75) is 18.9 Å². The number of benzene rings is 1. The fraction of sp³-hybridized carbons (Fsp3) is 0.364. The molecule has 1 aromatic rings. The first kappa shape index (κ1) is 10.7. The average molecular weight is 194 g/mol. The van der Waals surface area contributed by atoms with Gasteiger partial charge in [-0.15, -0.1) is 0 Å². The number of hydrogen-bond donors (Lipinski definition) is 1. The van der Waals surface area contributed by atoms with Crippen LogP contribution in [0.25, 0.3) is 0 Å². The lowest BCUT2D eigenvalue weighted by Gasteiger charge is -2.07. The lowest BCUT2D eigenvalue weighted by Crippen LogP contribution is -2.12. The minimum atomic E-state index is -0.350. The Balaban J connectivity index is 2.48. The van der Waals surface area contributed by atoms with E-state index < -0.39 is 0 Å². The van der Waals surface area contributed by atoms with E-state index in [1.165, 1.54) is 7.11 Å². The number of carbonyl (C=O) groups is 1. The van der Waals surface area contributed by atoms with Crippen LogP contribution in [0.2, 0.25) is 0 Å². The Kier molecular flexibility index (Phi) is 4.13. The van der Waals surface area contributed by atoms with Crippen molar-refractivity contribution in [2.24, 2.45) is 0 Å². The van der Waals surface area contributed by atoms with Crippen molar-refractivity contribution in [3.63, 3.8) is 0 Å². The summed E-state index contributed by atoms with van der Waals surface area (Å²) < 4.78 is 4.92. The van der Waals surface area contributed by atoms with Crippen molar-refractivity contribution in [3.05, 3.63) is 29.8 Å². The van der Waals surface area contributed by atoms with Crippen LogP contribution in [-0.4, -0.2) is 24.6 Å². The van der Waals surface area contributed by atoms with Crippen LogP contribution in [0.1, 0.15) is 12.0 Å². The van der Waals surface area contributed by atoms with E-state index in [4.69, 9.17) is 4.74 Å². The summed E-state index contributed by atoms with van der Waals surface area (Å²) in [6.07, 6.45) is 1.81. The molecule has 0 heterocycles. The van der Waals surface area contributed by atoms with Gasteiger partial charge in [0.25, 0.3) is 0 Å². The van der Waals surface area contributed by atoms with Gasteiger partial charge in [-0.3, -0.25) is 0 Å². The monoisotopic (exact) mass is 194 g/mol. The lowest BCUT2D eigenvalue weighted by atomic mass is 10.1. The van der Waals surface area contributed by atoms with Crippen molar-refractivity contribution in [3.8, 4) is 5.75 Å². The number of phenols is 1. The SMILES string of the molecule is COC(C=O)CCc1cccc(O)c1. The minimum absolute atomic E-state index is 0.252. The topological polar surface area (TPSA) is 46.5 Å². The predicted octanol–water partition coefficient (Wildman–Crippen LogP) is 1.54. The summed E-state index contributed by atoms with van der Waals surface area (Å²) in [6.45, 7) is 0. The summed E-state index contributed by atoms with van der Waals surface area (Å²) in [5.41, 5.74) is 1.01. The molecule has 0 radical (unpaired) electrons. The molecular weight excluding hydrogens is 180 g/mol. The number of rotatable bonds is 5. The summed E-state index contributed by atoms with van der Waals surface area (Å²) in [7, 11) is 1.52. The lowest BCUT2D eigenvalue weighted by molar-refractivity contribution is -0.116. The fourth-order valence-corrected chi connectivity index (χ4v) is 1.26. The summed E-state index contributed by atoms with van der Waals surface area (Å²) in [5.74, 6) is 0.252. The van der Waals surface area contributed by atoms with Gasteiger partial charge in [-0.1, -0.05) is 12.1 Å². The first-order valence-electron chi connectivity index (χ1n) is 4.52. The van der Waals surface area contributed by atoms with Crippen LogP contribution in [0.5, 0.6) is 5.75 Å². The Bertz CT molecular complexity index is 296. The molecule has 0 saturated heterocycles. The Morgan fingerprint density at radius 1 is 1.57 bits per heavy atom. The van der Waals surface area contributed by atoms with Crippen LogP contribution in [0.4, 0.5) is 0 Å². The molecule has 1 rings (SSSR count).